The van der Waals surface area contributed by atoms with Crippen molar-refractivity contribution >= 4 is 5.84 Å². The van der Waals surface area contributed by atoms with Gasteiger partial charge in [-0.05, 0) is 31.2 Å². The predicted octanol–water partition coefficient (Wildman–Crippen LogP) is 6.23. The van der Waals surface area contributed by atoms with Crippen LogP contribution in [0.4, 0.5) is 0 Å². The molecule has 138 valence electrons. The van der Waals surface area contributed by atoms with Crippen LogP contribution in [0.2, 0.25) is 0 Å². The van der Waals surface area contributed by atoms with Crippen LogP contribution in [-0.2, 0) is 0 Å². The lowest BCUT2D eigenvalue weighted by Gasteiger charge is -2.24. The summed E-state index contributed by atoms with van der Waals surface area (Å²) in [5, 5.41) is 3.71. The summed E-state index contributed by atoms with van der Waals surface area (Å²) in [6.45, 7) is 1.11. The molecule has 0 amide bonds. The van der Waals surface area contributed by atoms with Crippen LogP contribution >= 0.6 is 0 Å². The fraction of sp³-hybridized carbons (Fsp3) is 0.696. The summed E-state index contributed by atoms with van der Waals surface area (Å²) in [6.07, 6.45) is 17.3. The van der Waals surface area contributed by atoms with Gasteiger partial charge in [0.15, 0.2) is 0 Å². The van der Waals surface area contributed by atoms with Gasteiger partial charge >= 0.3 is 0 Å². The van der Waals surface area contributed by atoms with Gasteiger partial charge in [-0.25, -0.2) is 0 Å². The summed E-state index contributed by atoms with van der Waals surface area (Å²) in [4.78, 5) is 5.32. The van der Waals surface area contributed by atoms with Gasteiger partial charge in [0.05, 0.1) is 11.9 Å². The van der Waals surface area contributed by atoms with Gasteiger partial charge in [-0.15, -0.1) is 0 Å². The summed E-state index contributed by atoms with van der Waals surface area (Å²) in [7, 11) is 0. The first-order valence-corrected chi connectivity index (χ1v) is 10.8. The zero-order valence-corrected chi connectivity index (χ0v) is 15.9. The van der Waals surface area contributed by atoms with Crippen LogP contribution in [0.15, 0.2) is 35.3 Å². The fourth-order valence-corrected chi connectivity index (χ4v) is 4.46. The number of rotatable bonds is 2. The normalized spacial score (nSPS) is 28.6. The highest BCUT2D eigenvalue weighted by Crippen LogP contribution is 2.34. The Balaban J connectivity index is 1.73. The molecule has 2 nitrogen and oxygen atoms in total. The van der Waals surface area contributed by atoms with Gasteiger partial charge in [0.2, 0.25) is 0 Å². The third-order valence-corrected chi connectivity index (χ3v) is 5.95. The molecule has 0 radical (unpaired) electrons. The van der Waals surface area contributed by atoms with Crippen LogP contribution in [0, 0.1) is 0 Å². The number of hydrogen-bond acceptors (Lipinski definition) is 1. The van der Waals surface area contributed by atoms with Gasteiger partial charge in [-0.1, -0.05) is 81.7 Å². The number of hydrogen-bond donors (Lipinski definition) is 1. The Kier molecular flexibility index (Phi) is 7.86. The average Bonchev–Trinajstić information content (AvgIpc) is 2.91. The van der Waals surface area contributed by atoms with Crippen LogP contribution in [0.25, 0.3) is 0 Å². The molecular weight excluding hydrogens is 304 g/mol. The van der Waals surface area contributed by atoms with Gasteiger partial charge < -0.3 is 5.32 Å². The van der Waals surface area contributed by atoms with E-state index in [1.54, 1.807) is 0 Å². The van der Waals surface area contributed by atoms with E-state index in [0.717, 1.165) is 13.0 Å². The van der Waals surface area contributed by atoms with Crippen molar-refractivity contribution < 1.29 is 0 Å². The lowest BCUT2D eigenvalue weighted by Crippen LogP contribution is -2.28. The molecule has 2 fully saturated rings. The molecule has 1 aromatic carbocycles. The monoisotopic (exact) mass is 340 g/mol. The number of aliphatic imine (C=N–C) groups is 1. The Morgan fingerprint density at radius 1 is 0.720 bits per heavy atom. The van der Waals surface area contributed by atoms with E-state index >= 15 is 0 Å². The minimum absolute atomic E-state index is 0.470. The van der Waals surface area contributed by atoms with Crippen molar-refractivity contribution in [1.29, 1.82) is 0 Å². The van der Waals surface area contributed by atoms with Crippen molar-refractivity contribution in [1.82, 2.24) is 5.32 Å². The summed E-state index contributed by atoms with van der Waals surface area (Å²) in [5.74, 6) is 1.91. The molecule has 0 aromatic heterocycles. The zero-order valence-electron chi connectivity index (χ0n) is 15.9. The van der Waals surface area contributed by atoms with Gasteiger partial charge in [0.1, 0.15) is 0 Å². The molecule has 1 aliphatic carbocycles. The first-order chi connectivity index (χ1) is 12.4. The molecule has 1 aromatic rings. The molecule has 0 spiro atoms. The molecule has 1 saturated heterocycles. The molecule has 3 rings (SSSR count). The largest absolute Gasteiger partial charge is 0.374 e. The Morgan fingerprint density at radius 3 is 2.24 bits per heavy atom. The standard InChI is InChI=1S/C23H36N2/c1-2-4-12-18-23(24-19-13-5-3-1)25-22-17-11-7-10-16-21(22)20-14-8-6-9-15-20/h6,8-9,14-15,21-22H,1-5,7,10-13,16-19H2,(H,24,25). The van der Waals surface area contributed by atoms with Crippen LogP contribution in [0.1, 0.15) is 95.0 Å². The fourth-order valence-electron chi connectivity index (χ4n) is 4.46. The van der Waals surface area contributed by atoms with E-state index in [4.69, 9.17) is 4.99 Å². The van der Waals surface area contributed by atoms with Gasteiger partial charge in [0, 0.05) is 18.9 Å². The minimum Gasteiger partial charge on any atom is -0.374 e. The molecule has 2 unspecified atom stereocenters. The first kappa shape index (κ1) is 18.5. The number of benzene rings is 1. The summed E-state index contributed by atoms with van der Waals surface area (Å²) < 4.78 is 0. The molecule has 2 heteroatoms. The Bertz CT molecular complexity index is 494. The smallest absolute Gasteiger partial charge is 0.0966 e. The van der Waals surface area contributed by atoms with Crippen LogP contribution in [-0.4, -0.2) is 18.4 Å². The van der Waals surface area contributed by atoms with Crippen LogP contribution in [0.3, 0.4) is 0 Å². The van der Waals surface area contributed by atoms with Gasteiger partial charge in [0.25, 0.3) is 0 Å². The quantitative estimate of drug-likeness (QED) is 0.634. The van der Waals surface area contributed by atoms with E-state index < -0.39 is 0 Å². The molecule has 1 N–H and O–H groups in total. The second kappa shape index (κ2) is 10.6. The Hall–Kier alpha value is -1.31. The second-order valence-electron chi connectivity index (χ2n) is 7.95. The molecule has 1 saturated carbocycles. The van der Waals surface area contributed by atoms with Crippen molar-refractivity contribution in [2.24, 2.45) is 4.99 Å². The minimum atomic E-state index is 0.470. The molecule has 1 aliphatic heterocycles. The van der Waals surface area contributed by atoms with Crippen LogP contribution < -0.4 is 5.32 Å². The highest BCUT2D eigenvalue weighted by Gasteiger charge is 2.25. The molecule has 2 aliphatic rings. The number of nitrogens with one attached hydrogen (secondary N) is 1. The van der Waals surface area contributed by atoms with Gasteiger partial charge in [-0.2, -0.15) is 0 Å². The maximum atomic E-state index is 5.32. The van der Waals surface area contributed by atoms with E-state index in [0.29, 0.717) is 12.0 Å². The van der Waals surface area contributed by atoms with E-state index in [1.165, 1.54) is 88.4 Å². The Morgan fingerprint density at radius 2 is 1.40 bits per heavy atom. The molecule has 1 heterocycles. The highest BCUT2D eigenvalue weighted by atomic mass is 15.0. The third-order valence-electron chi connectivity index (χ3n) is 5.95. The summed E-state index contributed by atoms with van der Waals surface area (Å²) >= 11 is 0. The maximum absolute atomic E-state index is 5.32. The SMILES string of the molecule is c1ccc(C2CCCCCC2/N=C2\CCCCCCCCCN2)cc1. The zero-order chi connectivity index (χ0) is 17.2. The number of nitrogens with zero attached hydrogens (tertiary/aromatic N) is 1. The lowest BCUT2D eigenvalue weighted by molar-refractivity contribution is 0.503. The van der Waals surface area contributed by atoms with E-state index in [1.807, 2.05) is 0 Å². The summed E-state index contributed by atoms with van der Waals surface area (Å²) in [5.41, 5.74) is 1.50. The van der Waals surface area contributed by atoms with Crippen molar-refractivity contribution in [2.75, 3.05) is 6.54 Å². The topological polar surface area (TPSA) is 24.4 Å². The molecular formula is C23H36N2. The van der Waals surface area contributed by atoms with Gasteiger partial charge in [-0.3, -0.25) is 4.99 Å². The Labute approximate surface area is 154 Å². The highest BCUT2D eigenvalue weighted by molar-refractivity contribution is 5.82. The average molecular weight is 341 g/mol. The molecule has 25 heavy (non-hydrogen) atoms. The van der Waals surface area contributed by atoms with Crippen LogP contribution in [0.5, 0.6) is 0 Å². The molecule has 0 bridgehead atoms. The summed E-state index contributed by atoms with van der Waals surface area (Å²) in [6, 6.07) is 11.6. The lowest BCUT2D eigenvalue weighted by atomic mass is 9.88. The first-order valence-electron chi connectivity index (χ1n) is 10.8. The van der Waals surface area contributed by atoms with Crippen molar-refractivity contribution in [3.63, 3.8) is 0 Å². The van der Waals surface area contributed by atoms with E-state index in [9.17, 15) is 0 Å². The maximum Gasteiger partial charge on any atom is 0.0966 e. The van der Waals surface area contributed by atoms with E-state index in [2.05, 4.69) is 35.6 Å². The number of amidine groups is 1. The predicted molar refractivity (Wildman–Crippen MR) is 108 cm³/mol. The van der Waals surface area contributed by atoms with Crippen molar-refractivity contribution in [3.05, 3.63) is 35.9 Å². The van der Waals surface area contributed by atoms with Crippen molar-refractivity contribution in [2.45, 2.75) is 95.4 Å². The molecule has 2 atom stereocenters. The third kappa shape index (κ3) is 6.17. The second-order valence-corrected chi connectivity index (χ2v) is 7.95. The van der Waals surface area contributed by atoms with Crippen molar-refractivity contribution in [3.8, 4) is 0 Å². The van der Waals surface area contributed by atoms with E-state index in [-0.39, 0.29) is 0 Å².